The number of aliphatic hydroxyl groups excluding tert-OH is 1. The zero-order valence-electron chi connectivity index (χ0n) is 13.0. The lowest BCUT2D eigenvalue weighted by Crippen LogP contribution is -2.34. The van der Waals surface area contributed by atoms with E-state index in [1.54, 1.807) is 23.9 Å². The number of aliphatic hydroxyl groups is 1. The summed E-state index contributed by atoms with van der Waals surface area (Å²) in [6.07, 6.45) is 5.30. The van der Waals surface area contributed by atoms with Gasteiger partial charge in [0, 0.05) is 30.9 Å². The van der Waals surface area contributed by atoms with Crippen molar-refractivity contribution in [1.82, 2.24) is 15.1 Å². The van der Waals surface area contributed by atoms with Crippen LogP contribution in [0, 0.1) is 12.3 Å². The minimum Gasteiger partial charge on any atom is -0.393 e. The molecule has 0 saturated carbocycles. The molecule has 1 atom stereocenters. The summed E-state index contributed by atoms with van der Waals surface area (Å²) >= 11 is 0. The fourth-order valence-electron chi connectivity index (χ4n) is 2.10. The third-order valence-electron chi connectivity index (χ3n) is 3.28. The molecule has 1 aromatic rings. The first kappa shape index (κ1) is 16.4. The standard InChI is InChI=1S/C15H25N3O2/c1-11(19)8-15(3,4)10-16-14(20)7-6-13-9-17-18(5)12(13)2/h6-7,9,11,19H,8,10H2,1-5H3,(H,16,20)/b7-6+. The number of hydrogen-bond acceptors (Lipinski definition) is 3. The molecule has 0 fully saturated rings. The van der Waals surface area contributed by atoms with Crippen LogP contribution < -0.4 is 5.32 Å². The summed E-state index contributed by atoms with van der Waals surface area (Å²) in [4.78, 5) is 11.8. The number of nitrogens with one attached hydrogen (secondary N) is 1. The minimum atomic E-state index is -0.365. The summed E-state index contributed by atoms with van der Waals surface area (Å²) in [6.45, 7) is 8.29. The van der Waals surface area contributed by atoms with Gasteiger partial charge >= 0.3 is 0 Å². The largest absolute Gasteiger partial charge is 0.393 e. The van der Waals surface area contributed by atoms with E-state index in [1.807, 2.05) is 27.8 Å². The van der Waals surface area contributed by atoms with E-state index in [0.29, 0.717) is 13.0 Å². The fourth-order valence-corrected chi connectivity index (χ4v) is 2.10. The van der Waals surface area contributed by atoms with Gasteiger partial charge in [-0.2, -0.15) is 5.10 Å². The lowest BCUT2D eigenvalue weighted by Gasteiger charge is -2.26. The van der Waals surface area contributed by atoms with Crippen LogP contribution in [0.15, 0.2) is 12.3 Å². The van der Waals surface area contributed by atoms with Crippen molar-refractivity contribution in [2.45, 2.75) is 40.2 Å². The molecular weight excluding hydrogens is 254 g/mol. The molecule has 0 aliphatic carbocycles. The molecule has 0 aliphatic heterocycles. The molecule has 5 heteroatoms. The molecule has 0 spiro atoms. The van der Waals surface area contributed by atoms with E-state index >= 15 is 0 Å². The first-order valence-corrected chi connectivity index (χ1v) is 6.84. The number of carbonyl (C=O) groups excluding carboxylic acids is 1. The molecule has 1 aromatic heterocycles. The average molecular weight is 279 g/mol. The highest BCUT2D eigenvalue weighted by atomic mass is 16.3. The summed E-state index contributed by atoms with van der Waals surface area (Å²) in [5.74, 6) is -0.132. The Hall–Kier alpha value is -1.62. The number of amides is 1. The van der Waals surface area contributed by atoms with Crippen molar-refractivity contribution in [3.05, 3.63) is 23.5 Å². The van der Waals surface area contributed by atoms with E-state index in [2.05, 4.69) is 10.4 Å². The van der Waals surface area contributed by atoms with E-state index in [9.17, 15) is 9.90 Å². The van der Waals surface area contributed by atoms with Gasteiger partial charge in [-0.15, -0.1) is 0 Å². The Bertz CT molecular complexity index is 487. The van der Waals surface area contributed by atoms with Crippen molar-refractivity contribution in [2.24, 2.45) is 12.5 Å². The number of carbonyl (C=O) groups is 1. The van der Waals surface area contributed by atoms with Crippen molar-refractivity contribution >= 4 is 12.0 Å². The molecule has 0 aromatic carbocycles. The predicted molar refractivity (Wildman–Crippen MR) is 80.1 cm³/mol. The van der Waals surface area contributed by atoms with Crippen LogP contribution in [0.1, 0.15) is 38.4 Å². The van der Waals surface area contributed by atoms with E-state index in [4.69, 9.17) is 0 Å². The highest BCUT2D eigenvalue weighted by Gasteiger charge is 2.20. The second-order valence-corrected chi connectivity index (χ2v) is 6.08. The maximum Gasteiger partial charge on any atom is 0.244 e. The average Bonchev–Trinajstić information content (AvgIpc) is 2.63. The Kier molecular flexibility index (Phi) is 5.51. The molecule has 1 unspecified atom stereocenters. The van der Waals surface area contributed by atoms with Crippen molar-refractivity contribution < 1.29 is 9.90 Å². The third-order valence-corrected chi connectivity index (χ3v) is 3.28. The highest BCUT2D eigenvalue weighted by Crippen LogP contribution is 2.21. The van der Waals surface area contributed by atoms with Gasteiger partial charge in [0.2, 0.25) is 5.91 Å². The van der Waals surface area contributed by atoms with Gasteiger partial charge in [0.1, 0.15) is 0 Å². The van der Waals surface area contributed by atoms with Gasteiger partial charge < -0.3 is 10.4 Å². The van der Waals surface area contributed by atoms with E-state index < -0.39 is 0 Å². The molecule has 1 heterocycles. The van der Waals surface area contributed by atoms with Crippen molar-refractivity contribution in [1.29, 1.82) is 0 Å². The van der Waals surface area contributed by atoms with E-state index in [0.717, 1.165) is 11.3 Å². The van der Waals surface area contributed by atoms with Gasteiger partial charge in [-0.1, -0.05) is 13.8 Å². The predicted octanol–water partition coefficient (Wildman–Crippen LogP) is 1.66. The summed E-state index contributed by atoms with van der Waals surface area (Å²) in [5.41, 5.74) is 1.83. The molecule has 0 radical (unpaired) electrons. The topological polar surface area (TPSA) is 67.2 Å². The summed E-state index contributed by atoms with van der Waals surface area (Å²) in [6, 6.07) is 0. The summed E-state index contributed by atoms with van der Waals surface area (Å²) < 4.78 is 1.77. The van der Waals surface area contributed by atoms with Gasteiger partial charge in [0.15, 0.2) is 0 Å². The van der Waals surface area contributed by atoms with Gasteiger partial charge in [-0.05, 0) is 31.8 Å². The van der Waals surface area contributed by atoms with Crippen LogP contribution in [0.25, 0.3) is 6.08 Å². The first-order chi connectivity index (χ1) is 9.21. The number of rotatable bonds is 6. The zero-order valence-corrected chi connectivity index (χ0v) is 13.0. The van der Waals surface area contributed by atoms with E-state index in [1.165, 1.54) is 6.08 Å². The zero-order chi connectivity index (χ0) is 15.3. The third kappa shape index (κ3) is 5.17. The van der Waals surface area contributed by atoms with Gasteiger partial charge in [-0.3, -0.25) is 9.48 Å². The van der Waals surface area contributed by atoms with E-state index in [-0.39, 0.29) is 17.4 Å². The second-order valence-electron chi connectivity index (χ2n) is 6.08. The number of aryl methyl sites for hydroxylation is 1. The van der Waals surface area contributed by atoms with Crippen molar-refractivity contribution in [2.75, 3.05) is 6.54 Å². The molecule has 1 rings (SSSR count). The highest BCUT2D eigenvalue weighted by molar-refractivity contribution is 5.91. The molecular formula is C15H25N3O2. The number of hydrogen-bond donors (Lipinski definition) is 2. The Morgan fingerprint density at radius 3 is 2.75 bits per heavy atom. The SMILES string of the molecule is Cc1c(/C=C/C(=O)NCC(C)(C)CC(C)O)cnn1C. The lowest BCUT2D eigenvalue weighted by atomic mass is 9.87. The van der Waals surface area contributed by atoms with Crippen LogP contribution in [0.4, 0.5) is 0 Å². The molecule has 0 bridgehead atoms. The van der Waals surface area contributed by atoms with Crippen LogP contribution in [-0.4, -0.2) is 33.4 Å². The Labute approximate surface area is 120 Å². The minimum absolute atomic E-state index is 0.123. The summed E-state index contributed by atoms with van der Waals surface area (Å²) in [5, 5.41) is 16.4. The van der Waals surface area contributed by atoms with Crippen LogP contribution in [0.2, 0.25) is 0 Å². The normalized spacial score (nSPS) is 13.7. The molecule has 20 heavy (non-hydrogen) atoms. The molecule has 2 N–H and O–H groups in total. The molecule has 5 nitrogen and oxygen atoms in total. The summed E-state index contributed by atoms with van der Waals surface area (Å²) in [7, 11) is 1.87. The van der Waals surface area contributed by atoms with Crippen LogP contribution in [-0.2, 0) is 11.8 Å². The maximum atomic E-state index is 11.8. The molecule has 0 aliphatic rings. The van der Waals surface area contributed by atoms with Crippen LogP contribution in [0.5, 0.6) is 0 Å². The Morgan fingerprint density at radius 2 is 2.25 bits per heavy atom. The quantitative estimate of drug-likeness (QED) is 0.778. The molecule has 1 amide bonds. The Morgan fingerprint density at radius 1 is 1.60 bits per heavy atom. The first-order valence-electron chi connectivity index (χ1n) is 6.84. The Balaban J connectivity index is 2.50. The smallest absolute Gasteiger partial charge is 0.244 e. The van der Waals surface area contributed by atoms with Crippen LogP contribution in [0.3, 0.4) is 0 Å². The van der Waals surface area contributed by atoms with Gasteiger partial charge in [0.25, 0.3) is 0 Å². The maximum absolute atomic E-state index is 11.8. The number of aromatic nitrogens is 2. The van der Waals surface area contributed by atoms with Crippen LogP contribution >= 0.6 is 0 Å². The lowest BCUT2D eigenvalue weighted by molar-refractivity contribution is -0.117. The van der Waals surface area contributed by atoms with Crippen molar-refractivity contribution in [3.63, 3.8) is 0 Å². The number of nitrogens with zero attached hydrogens (tertiary/aromatic N) is 2. The van der Waals surface area contributed by atoms with Crippen molar-refractivity contribution in [3.8, 4) is 0 Å². The second kappa shape index (κ2) is 6.70. The van der Waals surface area contributed by atoms with Gasteiger partial charge in [-0.25, -0.2) is 0 Å². The fraction of sp³-hybridized carbons (Fsp3) is 0.600. The van der Waals surface area contributed by atoms with Gasteiger partial charge in [0.05, 0.1) is 12.3 Å². The molecule has 112 valence electrons. The molecule has 0 saturated heterocycles. The monoisotopic (exact) mass is 279 g/mol.